The molecule has 0 fully saturated rings. The number of imidazole rings is 1. The summed E-state index contributed by atoms with van der Waals surface area (Å²) in [5, 5.41) is 4.75. The first-order valence-electron chi connectivity index (χ1n) is 13.3. The number of ether oxygens (including phenoxy) is 1. The maximum Gasteiger partial charge on any atom is 0.255 e. The maximum atomic E-state index is 13.5. The van der Waals surface area contributed by atoms with Gasteiger partial charge in [0.05, 0.1) is 54.2 Å². The Morgan fingerprint density at radius 3 is 2.39 bits per heavy atom. The summed E-state index contributed by atoms with van der Waals surface area (Å²) < 4.78 is 34.2. The molecule has 0 spiro atoms. The Hall–Kier alpha value is -4.03. The predicted octanol–water partition coefficient (Wildman–Crippen LogP) is 4.61. The van der Waals surface area contributed by atoms with E-state index in [1.807, 2.05) is 58.2 Å². The number of nitrogens with one attached hydrogen (secondary N) is 4. The first kappa shape index (κ1) is 29.9. The zero-order chi connectivity index (χ0) is 30.3. The molecule has 3 aromatic rings. The summed E-state index contributed by atoms with van der Waals surface area (Å²) in [6.07, 6.45) is 4.83. The zero-order valence-electron chi connectivity index (χ0n) is 25.0. The molecule has 4 rings (SSSR count). The van der Waals surface area contributed by atoms with Crippen molar-refractivity contribution in [3.8, 4) is 5.75 Å². The SMILES string of the molecule is COc1c(NC(=O)c2ccc(C)c(N3C=C(c4cnc(C(C)C)n4C)NN3)c2)cc(C(C)(C)C)cc1NS(C)(=O)=O. The van der Waals surface area contributed by atoms with Crippen molar-refractivity contribution in [3.05, 3.63) is 70.9 Å². The maximum absolute atomic E-state index is 13.5. The van der Waals surface area contributed by atoms with Gasteiger partial charge in [0.1, 0.15) is 5.82 Å². The molecule has 11 nitrogen and oxygen atoms in total. The van der Waals surface area contributed by atoms with Crippen LogP contribution in [0.1, 0.15) is 73.5 Å². The Labute approximate surface area is 242 Å². The number of nitrogens with zero attached hydrogens (tertiary/aromatic N) is 3. The van der Waals surface area contributed by atoms with Crippen molar-refractivity contribution in [2.45, 2.75) is 52.9 Å². The molecule has 0 saturated carbocycles. The first-order chi connectivity index (χ1) is 19.1. The Bertz CT molecular complexity index is 1620. The van der Waals surface area contributed by atoms with Crippen LogP contribution >= 0.6 is 0 Å². The summed E-state index contributed by atoms with van der Waals surface area (Å²) in [4.78, 5) is 18.1. The van der Waals surface area contributed by atoms with Crippen molar-refractivity contribution >= 4 is 38.7 Å². The number of carbonyl (C=O) groups excluding carboxylic acids is 1. The lowest BCUT2D eigenvalue weighted by Crippen LogP contribution is -2.36. The number of methoxy groups -OCH3 is 1. The van der Waals surface area contributed by atoms with Gasteiger partial charge in [0.2, 0.25) is 10.0 Å². The Balaban J connectivity index is 1.66. The van der Waals surface area contributed by atoms with Crippen LogP contribution in [-0.2, 0) is 22.5 Å². The first-order valence-corrected chi connectivity index (χ1v) is 15.1. The van der Waals surface area contributed by atoms with E-state index in [2.05, 4.69) is 44.4 Å². The molecule has 1 aliphatic heterocycles. The van der Waals surface area contributed by atoms with Crippen LogP contribution < -0.4 is 30.7 Å². The van der Waals surface area contributed by atoms with Gasteiger partial charge in [-0.15, -0.1) is 5.53 Å². The second kappa shape index (κ2) is 11.1. The average molecular weight is 582 g/mol. The van der Waals surface area contributed by atoms with Gasteiger partial charge >= 0.3 is 0 Å². The van der Waals surface area contributed by atoms with Crippen molar-refractivity contribution in [2.24, 2.45) is 7.05 Å². The highest BCUT2D eigenvalue weighted by atomic mass is 32.2. The fourth-order valence-corrected chi connectivity index (χ4v) is 5.19. The largest absolute Gasteiger partial charge is 0.492 e. The molecule has 0 unspecified atom stereocenters. The van der Waals surface area contributed by atoms with E-state index >= 15 is 0 Å². The number of hydrogen-bond acceptors (Lipinski definition) is 8. The van der Waals surface area contributed by atoms with E-state index in [0.29, 0.717) is 17.2 Å². The molecular weight excluding hydrogens is 542 g/mol. The molecule has 41 heavy (non-hydrogen) atoms. The second-order valence-corrected chi connectivity index (χ2v) is 13.3. The van der Waals surface area contributed by atoms with Gasteiger partial charge in [-0.3, -0.25) is 20.0 Å². The number of benzene rings is 2. The topological polar surface area (TPSA) is 130 Å². The summed E-state index contributed by atoms with van der Waals surface area (Å²) in [6.45, 7) is 12.2. The van der Waals surface area contributed by atoms with Crippen molar-refractivity contribution < 1.29 is 17.9 Å². The Kier molecular flexibility index (Phi) is 8.10. The molecule has 1 aromatic heterocycles. The fourth-order valence-electron chi connectivity index (χ4n) is 4.64. The summed E-state index contributed by atoms with van der Waals surface area (Å²) >= 11 is 0. The van der Waals surface area contributed by atoms with Crippen LogP contribution in [0.25, 0.3) is 5.70 Å². The summed E-state index contributed by atoms with van der Waals surface area (Å²) in [7, 11) is -0.175. The Morgan fingerprint density at radius 2 is 1.80 bits per heavy atom. The normalized spacial score (nSPS) is 13.7. The van der Waals surface area contributed by atoms with E-state index < -0.39 is 10.0 Å². The van der Waals surface area contributed by atoms with E-state index in [1.54, 1.807) is 24.3 Å². The number of hydrazine groups is 2. The Morgan fingerprint density at radius 1 is 1.12 bits per heavy atom. The summed E-state index contributed by atoms with van der Waals surface area (Å²) in [6, 6.07) is 8.94. The third-order valence-corrected chi connectivity index (χ3v) is 7.41. The van der Waals surface area contributed by atoms with Crippen molar-refractivity contribution in [1.82, 2.24) is 20.5 Å². The van der Waals surface area contributed by atoms with Crippen LogP contribution in [-0.4, -0.2) is 37.2 Å². The van der Waals surface area contributed by atoms with E-state index in [0.717, 1.165) is 40.3 Å². The highest BCUT2D eigenvalue weighted by Gasteiger charge is 2.24. The van der Waals surface area contributed by atoms with Crippen molar-refractivity contribution in [1.29, 1.82) is 0 Å². The smallest absolute Gasteiger partial charge is 0.255 e. The van der Waals surface area contributed by atoms with Gasteiger partial charge in [0.25, 0.3) is 5.91 Å². The molecule has 0 radical (unpaired) electrons. The number of amides is 1. The van der Waals surface area contributed by atoms with Gasteiger partial charge in [-0.2, -0.15) is 0 Å². The molecule has 0 saturated heterocycles. The minimum absolute atomic E-state index is 0.221. The molecule has 0 atom stereocenters. The standard InChI is InChI=1S/C29H39N7O4S/c1-17(2)27-30-15-25(35(27)7)23-16-36(34-32-23)24-12-19(11-10-18(24)3)28(37)31-21-13-20(29(4,5)6)14-22(26(21)40-8)33-41(9,38)39/h10-17,32-34H,1-9H3,(H,31,37). The third kappa shape index (κ3) is 6.49. The molecule has 1 amide bonds. The van der Waals surface area contributed by atoms with Crippen LogP contribution in [0.15, 0.2) is 42.7 Å². The van der Waals surface area contributed by atoms with Crippen LogP contribution in [0.5, 0.6) is 5.75 Å². The molecule has 4 N–H and O–H groups in total. The molecule has 220 valence electrons. The molecule has 2 aromatic carbocycles. The second-order valence-electron chi connectivity index (χ2n) is 11.5. The van der Waals surface area contributed by atoms with Crippen LogP contribution in [0.2, 0.25) is 0 Å². The molecule has 0 bridgehead atoms. The lowest BCUT2D eigenvalue weighted by atomic mass is 9.86. The lowest BCUT2D eigenvalue weighted by Gasteiger charge is -2.24. The average Bonchev–Trinajstić information content (AvgIpc) is 3.49. The van der Waals surface area contributed by atoms with Gasteiger partial charge in [-0.25, -0.2) is 13.4 Å². The van der Waals surface area contributed by atoms with E-state index in [4.69, 9.17) is 4.74 Å². The number of carbonyl (C=O) groups is 1. The lowest BCUT2D eigenvalue weighted by molar-refractivity contribution is 0.102. The molecule has 1 aliphatic rings. The fraction of sp³-hybridized carbons (Fsp3) is 0.379. The van der Waals surface area contributed by atoms with E-state index in [1.165, 1.54) is 7.11 Å². The molecular formula is C29H39N7O4S. The zero-order valence-corrected chi connectivity index (χ0v) is 25.8. The van der Waals surface area contributed by atoms with E-state index in [-0.39, 0.29) is 22.8 Å². The minimum atomic E-state index is -3.59. The van der Waals surface area contributed by atoms with Crippen LogP contribution in [0.4, 0.5) is 17.1 Å². The van der Waals surface area contributed by atoms with E-state index in [9.17, 15) is 13.2 Å². The summed E-state index contributed by atoms with van der Waals surface area (Å²) in [5.41, 5.74) is 11.4. The van der Waals surface area contributed by atoms with Gasteiger partial charge in [0, 0.05) is 18.5 Å². The number of hydrogen-bond donors (Lipinski definition) is 4. The number of rotatable bonds is 8. The van der Waals surface area contributed by atoms with Crippen molar-refractivity contribution in [2.75, 3.05) is 28.4 Å². The predicted molar refractivity (Wildman–Crippen MR) is 163 cm³/mol. The van der Waals surface area contributed by atoms with Crippen LogP contribution in [0, 0.1) is 6.92 Å². The monoisotopic (exact) mass is 581 g/mol. The summed E-state index contributed by atoms with van der Waals surface area (Å²) in [5.74, 6) is 1.12. The quantitative estimate of drug-likeness (QED) is 0.304. The molecule has 2 heterocycles. The van der Waals surface area contributed by atoms with Gasteiger partial charge in [0.15, 0.2) is 5.75 Å². The highest BCUT2D eigenvalue weighted by molar-refractivity contribution is 7.92. The van der Waals surface area contributed by atoms with Crippen molar-refractivity contribution in [3.63, 3.8) is 0 Å². The molecule has 12 heteroatoms. The number of aryl methyl sites for hydroxylation is 1. The van der Waals surface area contributed by atoms with Gasteiger partial charge < -0.3 is 14.6 Å². The van der Waals surface area contributed by atoms with Gasteiger partial charge in [-0.05, 0) is 47.7 Å². The van der Waals surface area contributed by atoms with Gasteiger partial charge in [-0.1, -0.05) is 40.7 Å². The third-order valence-electron chi connectivity index (χ3n) is 6.82. The number of anilines is 3. The minimum Gasteiger partial charge on any atom is -0.492 e. The number of aromatic nitrogens is 2. The molecule has 0 aliphatic carbocycles. The highest BCUT2D eigenvalue weighted by Crippen LogP contribution is 2.39. The number of sulfonamides is 1. The van der Waals surface area contributed by atoms with Crippen LogP contribution in [0.3, 0.4) is 0 Å².